The molecule has 0 heterocycles. The van der Waals surface area contributed by atoms with Crippen LogP contribution in [-0.2, 0) is 28.6 Å². The minimum atomic E-state index is -0.771. The van der Waals surface area contributed by atoms with Gasteiger partial charge in [0.05, 0.1) is 0 Å². The summed E-state index contributed by atoms with van der Waals surface area (Å²) in [5.41, 5.74) is 0. The molecule has 0 N–H and O–H groups in total. The van der Waals surface area contributed by atoms with Gasteiger partial charge in [-0.05, 0) is 57.8 Å². The molecular formula is C60H108O6. The first-order valence-corrected chi connectivity index (χ1v) is 28.6. The van der Waals surface area contributed by atoms with Crippen molar-refractivity contribution >= 4 is 17.9 Å². The van der Waals surface area contributed by atoms with Gasteiger partial charge >= 0.3 is 17.9 Å². The van der Waals surface area contributed by atoms with Gasteiger partial charge in [0.15, 0.2) is 6.10 Å². The van der Waals surface area contributed by atoms with Crippen LogP contribution in [0.15, 0.2) is 48.6 Å². The van der Waals surface area contributed by atoms with Crippen molar-refractivity contribution in [1.29, 1.82) is 0 Å². The highest BCUT2D eigenvalue weighted by Crippen LogP contribution is 2.17. The molecule has 0 aliphatic heterocycles. The Balaban J connectivity index is 4.25. The van der Waals surface area contributed by atoms with Gasteiger partial charge in [-0.2, -0.15) is 0 Å². The van der Waals surface area contributed by atoms with E-state index in [1.807, 2.05) is 0 Å². The summed E-state index contributed by atoms with van der Waals surface area (Å²) >= 11 is 0. The molecule has 1 atom stereocenters. The van der Waals surface area contributed by atoms with Crippen molar-refractivity contribution in [2.45, 2.75) is 303 Å². The number of hydrogen-bond acceptors (Lipinski definition) is 6. The molecule has 0 aliphatic rings. The highest BCUT2D eigenvalue weighted by molar-refractivity contribution is 5.71. The summed E-state index contributed by atoms with van der Waals surface area (Å²) in [6.07, 6.45) is 66.8. The van der Waals surface area contributed by atoms with E-state index in [1.54, 1.807) is 0 Å². The molecule has 0 aliphatic carbocycles. The van der Waals surface area contributed by atoms with Crippen LogP contribution in [-0.4, -0.2) is 37.2 Å². The van der Waals surface area contributed by atoms with Crippen LogP contribution < -0.4 is 0 Å². The Kier molecular flexibility index (Phi) is 52.8. The van der Waals surface area contributed by atoms with Crippen LogP contribution in [0.3, 0.4) is 0 Å². The van der Waals surface area contributed by atoms with E-state index < -0.39 is 6.10 Å². The number of hydrogen-bond donors (Lipinski definition) is 0. The fourth-order valence-corrected chi connectivity index (χ4v) is 8.32. The predicted octanol–water partition coefficient (Wildman–Crippen LogP) is 19.0. The van der Waals surface area contributed by atoms with Gasteiger partial charge in [-0.3, -0.25) is 14.4 Å². The topological polar surface area (TPSA) is 78.9 Å². The van der Waals surface area contributed by atoms with E-state index in [1.165, 1.54) is 167 Å². The highest BCUT2D eigenvalue weighted by atomic mass is 16.6. The van der Waals surface area contributed by atoms with E-state index in [0.717, 1.165) is 89.9 Å². The Morgan fingerprint density at radius 2 is 0.591 bits per heavy atom. The maximum Gasteiger partial charge on any atom is 0.306 e. The summed E-state index contributed by atoms with van der Waals surface area (Å²) in [4.78, 5) is 38.0. The summed E-state index contributed by atoms with van der Waals surface area (Å²) in [5.74, 6) is -0.867. The number of carbonyl (C=O) groups excluding carboxylic acids is 3. The van der Waals surface area contributed by atoms with Crippen molar-refractivity contribution in [3.63, 3.8) is 0 Å². The molecule has 0 spiro atoms. The van der Waals surface area contributed by atoms with E-state index in [2.05, 4.69) is 69.4 Å². The second kappa shape index (κ2) is 55.0. The number of ether oxygens (including phenoxy) is 3. The largest absolute Gasteiger partial charge is 0.462 e. The lowest BCUT2D eigenvalue weighted by molar-refractivity contribution is -0.167. The Morgan fingerprint density at radius 1 is 0.318 bits per heavy atom. The first-order valence-electron chi connectivity index (χ1n) is 28.6. The van der Waals surface area contributed by atoms with Gasteiger partial charge in [-0.1, -0.05) is 268 Å². The van der Waals surface area contributed by atoms with Gasteiger partial charge < -0.3 is 14.2 Å². The highest BCUT2D eigenvalue weighted by Gasteiger charge is 2.19. The van der Waals surface area contributed by atoms with Crippen LogP contribution in [0.1, 0.15) is 297 Å². The van der Waals surface area contributed by atoms with Gasteiger partial charge in [-0.25, -0.2) is 0 Å². The molecule has 0 radical (unpaired) electrons. The Bertz CT molecular complexity index is 1150. The van der Waals surface area contributed by atoms with Gasteiger partial charge in [-0.15, -0.1) is 0 Å². The zero-order valence-electron chi connectivity index (χ0n) is 44.0. The zero-order chi connectivity index (χ0) is 47.9. The second-order valence-electron chi connectivity index (χ2n) is 19.2. The molecule has 0 amide bonds. The van der Waals surface area contributed by atoms with Crippen molar-refractivity contribution in [3.8, 4) is 0 Å². The van der Waals surface area contributed by atoms with Gasteiger partial charge in [0.25, 0.3) is 0 Å². The van der Waals surface area contributed by atoms with Crippen LogP contribution >= 0.6 is 0 Å². The third-order valence-electron chi connectivity index (χ3n) is 12.6. The quantitative estimate of drug-likeness (QED) is 0.0262. The van der Waals surface area contributed by atoms with Crippen molar-refractivity contribution in [3.05, 3.63) is 48.6 Å². The summed E-state index contributed by atoms with van der Waals surface area (Å²) in [5, 5.41) is 0. The predicted molar refractivity (Wildman–Crippen MR) is 284 cm³/mol. The second-order valence-corrected chi connectivity index (χ2v) is 19.2. The first-order chi connectivity index (χ1) is 32.5. The molecule has 0 bridgehead atoms. The summed E-state index contributed by atoms with van der Waals surface area (Å²) in [6.45, 7) is 6.54. The molecular weight excluding hydrogens is 817 g/mol. The lowest BCUT2D eigenvalue weighted by Crippen LogP contribution is -2.30. The Morgan fingerprint density at radius 3 is 0.924 bits per heavy atom. The summed E-state index contributed by atoms with van der Waals surface area (Å²) in [7, 11) is 0. The maximum absolute atomic E-state index is 12.8. The average molecular weight is 926 g/mol. The number of carbonyl (C=O) groups is 3. The third kappa shape index (κ3) is 52.3. The van der Waals surface area contributed by atoms with E-state index in [9.17, 15) is 14.4 Å². The van der Waals surface area contributed by atoms with E-state index >= 15 is 0 Å². The lowest BCUT2D eigenvalue weighted by Gasteiger charge is -2.18. The molecule has 0 saturated carbocycles. The molecule has 0 aromatic rings. The molecule has 0 fully saturated rings. The van der Waals surface area contributed by atoms with Crippen molar-refractivity contribution in [2.24, 2.45) is 0 Å². The first kappa shape index (κ1) is 63.4. The van der Waals surface area contributed by atoms with Crippen molar-refractivity contribution < 1.29 is 28.6 Å². The minimum Gasteiger partial charge on any atom is -0.462 e. The minimum absolute atomic E-state index is 0.0716. The Hall–Kier alpha value is -2.63. The molecule has 1 unspecified atom stereocenters. The zero-order valence-corrected chi connectivity index (χ0v) is 44.0. The molecule has 0 rings (SSSR count). The summed E-state index contributed by atoms with van der Waals surface area (Å²) in [6, 6.07) is 0. The fraction of sp³-hybridized carbons (Fsp3) is 0.817. The number of allylic oxidation sites excluding steroid dienone is 8. The smallest absolute Gasteiger partial charge is 0.306 e. The molecule has 0 saturated heterocycles. The number of rotatable bonds is 52. The third-order valence-corrected chi connectivity index (χ3v) is 12.6. The number of esters is 3. The van der Waals surface area contributed by atoms with Crippen LogP contribution in [0.4, 0.5) is 0 Å². The van der Waals surface area contributed by atoms with Crippen LogP contribution in [0.2, 0.25) is 0 Å². The normalized spacial score (nSPS) is 12.3. The van der Waals surface area contributed by atoms with E-state index in [-0.39, 0.29) is 31.1 Å². The van der Waals surface area contributed by atoms with Gasteiger partial charge in [0.1, 0.15) is 13.2 Å². The van der Waals surface area contributed by atoms with E-state index in [4.69, 9.17) is 14.2 Å². The molecule has 66 heavy (non-hydrogen) atoms. The number of unbranched alkanes of at least 4 members (excludes halogenated alkanes) is 33. The Labute approximate surface area is 409 Å². The average Bonchev–Trinajstić information content (AvgIpc) is 3.31. The molecule has 6 heteroatoms. The fourth-order valence-electron chi connectivity index (χ4n) is 8.32. The van der Waals surface area contributed by atoms with Crippen LogP contribution in [0.25, 0.3) is 0 Å². The van der Waals surface area contributed by atoms with Crippen molar-refractivity contribution in [2.75, 3.05) is 13.2 Å². The lowest BCUT2D eigenvalue weighted by atomic mass is 10.0. The van der Waals surface area contributed by atoms with Gasteiger partial charge in [0, 0.05) is 19.3 Å². The molecule has 384 valence electrons. The van der Waals surface area contributed by atoms with Crippen LogP contribution in [0.5, 0.6) is 0 Å². The SMILES string of the molecule is CC/C=C\C/C=C\C/C=C\C/C=C\CCCCCCCCCCC(=O)OCC(COC(=O)CCCCCCCCCCC)OC(=O)CCCCCCCCCCCCCCCCCCCC. The molecule has 0 aromatic carbocycles. The monoisotopic (exact) mass is 925 g/mol. The summed E-state index contributed by atoms with van der Waals surface area (Å²) < 4.78 is 16.8. The molecule has 6 nitrogen and oxygen atoms in total. The van der Waals surface area contributed by atoms with Gasteiger partial charge in [0.2, 0.25) is 0 Å². The molecule has 0 aromatic heterocycles. The van der Waals surface area contributed by atoms with Crippen molar-refractivity contribution in [1.82, 2.24) is 0 Å². The van der Waals surface area contributed by atoms with E-state index in [0.29, 0.717) is 19.3 Å². The van der Waals surface area contributed by atoms with Crippen LogP contribution in [0, 0.1) is 0 Å². The maximum atomic E-state index is 12.8. The standard InChI is InChI=1S/C60H108O6/c1-4-7-10-13-16-19-21-23-25-27-29-30-31-33-34-36-38-41-44-47-50-53-59(62)65-56-57(55-64-58(61)52-49-46-43-40-18-15-12-9-6-3)66-60(63)54-51-48-45-42-39-37-35-32-28-26-24-22-20-17-14-11-8-5-2/h7,10,16,19,23,25,29-30,57H,4-6,8-9,11-15,17-18,20-22,24,26-28,31-56H2,1-3H3/b10-7-,19-16-,25-23-,30-29-.